The number of carbonyl (C=O) groups excluding carboxylic acids is 1. The van der Waals surface area contributed by atoms with Crippen molar-refractivity contribution in [1.29, 1.82) is 0 Å². The van der Waals surface area contributed by atoms with Gasteiger partial charge in [-0.3, -0.25) is 4.79 Å². The van der Waals surface area contributed by atoms with Crippen molar-refractivity contribution < 1.29 is 4.79 Å². The Labute approximate surface area is 121 Å². The molecule has 3 rings (SSSR count). The summed E-state index contributed by atoms with van der Waals surface area (Å²) in [5.41, 5.74) is 2.78. The average molecular weight is 272 g/mol. The van der Waals surface area contributed by atoms with Gasteiger partial charge in [0.1, 0.15) is 0 Å². The van der Waals surface area contributed by atoms with Crippen molar-refractivity contribution in [1.82, 2.24) is 10.2 Å². The van der Waals surface area contributed by atoms with Crippen LogP contribution in [0.2, 0.25) is 0 Å². The van der Waals surface area contributed by atoms with Crippen LogP contribution in [0.1, 0.15) is 42.9 Å². The number of aryl methyl sites for hydroxylation is 1. The van der Waals surface area contributed by atoms with Crippen molar-refractivity contribution in [3.8, 4) is 0 Å². The van der Waals surface area contributed by atoms with Crippen molar-refractivity contribution in [2.24, 2.45) is 5.92 Å². The Kier molecular flexibility index (Phi) is 4.06. The van der Waals surface area contributed by atoms with E-state index < -0.39 is 0 Å². The van der Waals surface area contributed by atoms with Crippen molar-refractivity contribution in [2.75, 3.05) is 20.1 Å². The quantitative estimate of drug-likeness (QED) is 0.897. The Morgan fingerprint density at radius 2 is 2.10 bits per heavy atom. The molecule has 1 unspecified atom stereocenters. The first-order valence-corrected chi connectivity index (χ1v) is 7.82. The van der Waals surface area contributed by atoms with E-state index in [-0.39, 0.29) is 12.0 Å². The van der Waals surface area contributed by atoms with E-state index in [9.17, 15) is 4.79 Å². The van der Waals surface area contributed by atoms with Crippen molar-refractivity contribution in [2.45, 2.75) is 38.1 Å². The fourth-order valence-electron chi connectivity index (χ4n) is 3.63. The molecule has 1 saturated heterocycles. The molecule has 2 atom stereocenters. The number of hydrogen-bond donors (Lipinski definition) is 1. The molecule has 1 aromatic rings. The summed E-state index contributed by atoms with van der Waals surface area (Å²) in [5.74, 6) is 0.488. The van der Waals surface area contributed by atoms with Gasteiger partial charge in [-0.1, -0.05) is 24.3 Å². The van der Waals surface area contributed by atoms with E-state index in [0.717, 1.165) is 38.8 Å². The summed E-state index contributed by atoms with van der Waals surface area (Å²) in [7, 11) is 1.99. The highest BCUT2D eigenvalue weighted by Crippen LogP contribution is 2.34. The minimum absolute atomic E-state index is 0.169. The summed E-state index contributed by atoms with van der Waals surface area (Å²) in [5, 5.41) is 3.35. The van der Waals surface area contributed by atoms with Crippen LogP contribution in [0, 0.1) is 5.92 Å². The number of nitrogens with zero attached hydrogens (tertiary/aromatic N) is 1. The molecule has 3 heteroatoms. The number of rotatable bonds is 2. The maximum absolute atomic E-state index is 12.7. The van der Waals surface area contributed by atoms with Gasteiger partial charge in [-0.05, 0) is 49.8 Å². The van der Waals surface area contributed by atoms with E-state index in [1.165, 1.54) is 17.5 Å². The average Bonchev–Trinajstić information content (AvgIpc) is 2.54. The first-order chi connectivity index (χ1) is 9.77. The summed E-state index contributed by atoms with van der Waals surface area (Å²) < 4.78 is 0. The number of hydrogen-bond acceptors (Lipinski definition) is 2. The fraction of sp³-hybridized carbons (Fsp3) is 0.588. The number of fused-ring (bicyclic) bond motifs is 1. The zero-order chi connectivity index (χ0) is 13.9. The molecule has 1 fully saturated rings. The normalized spacial score (nSPS) is 25.9. The first kappa shape index (κ1) is 13.6. The number of nitrogens with one attached hydrogen (secondary N) is 1. The highest BCUT2D eigenvalue weighted by molar-refractivity contribution is 5.79. The molecule has 3 nitrogen and oxygen atoms in total. The SMILES string of the molecule is CN(C(=O)[C@@H]1CCCNC1)C1CCCc2ccccc21. The second kappa shape index (κ2) is 5.96. The van der Waals surface area contributed by atoms with Crippen LogP contribution in [0.15, 0.2) is 24.3 Å². The predicted molar refractivity (Wildman–Crippen MR) is 80.5 cm³/mol. The van der Waals surface area contributed by atoms with Crippen LogP contribution < -0.4 is 5.32 Å². The largest absolute Gasteiger partial charge is 0.338 e. The molecular weight excluding hydrogens is 248 g/mol. The van der Waals surface area contributed by atoms with Gasteiger partial charge in [0.15, 0.2) is 0 Å². The van der Waals surface area contributed by atoms with Crippen molar-refractivity contribution in [3.63, 3.8) is 0 Å². The molecule has 1 aliphatic heterocycles. The number of benzene rings is 1. The second-order valence-electron chi connectivity index (χ2n) is 6.10. The molecule has 0 aromatic heterocycles. The fourth-order valence-corrected chi connectivity index (χ4v) is 3.63. The molecule has 1 amide bonds. The molecule has 1 aromatic carbocycles. The Hall–Kier alpha value is -1.35. The number of piperidine rings is 1. The Morgan fingerprint density at radius 3 is 2.90 bits per heavy atom. The topological polar surface area (TPSA) is 32.3 Å². The van der Waals surface area contributed by atoms with Gasteiger partial charge in [0, 0.05) is 13.6 Å². The third-order valence-corrected chi connectivity index (χ3v) is 4.80. The number of carbonyl (C=O) groups is 1. The Balaban J connectivity index is 1.77. The van der Waals surface area contributed by atoms with Gasteiger partial charge in [0.25, 0.3) is 0 Å². The molecule has 1 heterocycles. The van der Waals surface area contributed by atoms with Gasteiger partial charge in [-0.2, -0.15) is 0 Å². The van der Waals surface area contributed by atoms with Crippen molar-refractivity contribution in [3.05, 3.63) is 35.4 Å². The van der Waals surface area contributed by atoms with Gasteiger partial charge < -0.3 is 10.2 Å². The van der Waals surface area contributed by atoms with E-state index in [0.29, 0.717) is 5.91 Å². The molecule has 1 N–H and O–H groups in total. The van der Waals surface area contributed by atoms with Crippen LogP contribution >= 0.6 is 0 Å². The lowest BCUT2D eigenvalue weighted by molar-refractivity contribution is -0.137. The summed E-state index contributed by atoms with van der Waals surface area (Å²) in [4.78, 5) is 14.7. The zero-order valence-corrected chi connectivity index (χ0v) is 12.3. The molecule has 0 bridgehead atoms. The van der Waals surface area contributed by atoms with Crippen LogP contribution in [0.25, 0.3) is 0 Å². The third kappa shape index (κ3) is 2.59. The van der Waals surface area contributed by atoms with Crippen molar-refractivity contribution >= 4 is 5.91 Å². The summed E-state index contributed by atoms with van der Waals surface area (Å²) >= 11 is 0. The number of amides is 1. The highest BCUT2D eigenvalue weighted by Gasteiger charge is 2.30. The maximum Gasteiger partial charge on any atom is 0.227 e. The molecule has 0 spiro atoms. The predicted octanol–water partition coefficient (Wildman–Crippen LogP) is 2.52. The van der Waals surface area contributed by atoms with Gasteiger partial charge in [0.05, 0.1) is 12.0 Å². The lowest BCUT2D eigenvalue weighted by atomic mass is 9.86. The second-order valence-corrected chi connectivity index (χ2v) is 6.10. The molecule has 0 radical (unpaired) electrons. The van der Waals surface area contributed by atoms with E-state index >= 15 is 0 Å². The Bertz CT molecular complexity index is 480. The maximum atomic E-state index is 12.7. The highest BCUT2D eigenvalue weighted by atomic mass is 16.2. The molecule has 108 valence electrons. The van der Waals surface area contributed by atoms with Crippen LogP contribution in [0.3, 0.4) is 0 Å². The molecule has 20 heavy (non-hydrogen) atoms. The van der Waals surface area contributed by atoms with E-state index in [4.69, 9.17) is 0 Å². The summed E-state index contributed by atoms with van der Waals surface area (Å²) in [6.45, 7) is 1.90. The molecule has 0 saturated carbocycles. The monoisotopic (exact) mass is 272 g/mol. The standard InChI is InChI=1S/C17H24N2O/c1-19(17(20)14-8-5-11-18-12-14)16-10-4-7-13-6-2-3-9-15(13)16/h2-3,6,9,14,16,18H,4-5,7-8,10-12H2,1H3/t14-,16?/m1/s1. The lowest BCUT2D eigenvalue weighted by Crippen LogP contribution is -2.43. The van der Waals surface area contributed by atoms with E-state index in [2.05, 4.69) is 29.6 Å². The third-order valence-electron chi connectivity index (χ3n) is 4.80. The first-order valence-electron chi connectivity index (χ1n) is 7.82. The van der Waals surface area contributed by atoms with E-state index in [1.807, 2.05) is 11.9 Å². The van der Waals surface area contributed by atoms with Crippen LogP contribution in [-0.2, 0) is 11.2 Å². The van der Waals surface area contributed by atoms with Gasteiger partial charge in [-0.25, -0.2) is 0 Å². The zero-order valence-electron chi connectivity index (χ0n) is 12.3. The molecule has 2 aliphatic rings. The summed E-state index contributed by atoms with van der Waals surface area (Å²) in [6, 6.07) is 8.88. The van der Waals surface area contributed by atoms with Gasteiger partial charge >= 0.3 is 0 Å². The van der Waals surface area contributed by atoms with Crippen LogP contribution in [-0.4, -0.2) is 30.9 Å². The van der Waals surface area contributed by atoms with Crippen LogP contribution in [0.4, 0.5) is 0 Å². The lowest BCUT2D eigenvalue weighted by Gasteiger charge is -2.36. The minimum atomic E-state index is 0.169. The van der Waals surface area contributed by atoms with Crippen LogP contribution in [0.5, 0.6) is 0 Å². The smallest absolute Gasteiger partial charge is 0.227 e. The minimum Gasteiger partial charge on any atom is -0.338 e. The Morgan fingerprint density at radius 1 is 1.25 bits per heavy atom. The molecular formula is C17H24N2O. The molecule has 1 aliphatic carbocycles. The van der Waals surface area contributed by atoms with Gasteiger partial charge in [0.2, 0.25) is 5.91 Å². The van der Waals surface area contributed by atoms with Gasteiger partial charge in [-0.15, -0.1) is 0 Å². The summed E-state index contributed by atoms with van der Waals surface area (Å²) in [6.07, 6.45) is 5.58. The van der Waals surface area contributed by atoms with E-state index in [1.54, 1.807) is 0 Å².